The van der Waals surface area contributed by atoms with Crippen molar-refractivity contribution >= 4 is 34.2 Å². The molecule has 144 valence electrons. The van der Waals surface area contributed by atoms with E-state index in [-0.39, 0.29) is 11.1 Å². The first-order valence-electron chi connectivity index (χ1n) is 8.56. The van der Waals surface area contributed by atoms with Crippen LogP contribution in [0.15, 0.2) is 41.2 Å². The number of carboxylic acid groups (broad SMARTS) is 1. The zero-order valence-corrected chi connectivity index (χ0v) is 15.2. The van der Waals surface area contributed by atoms with Gasteiger partial charge in [-0.3, -0.25) is 9.59 Å². The Morgan fingerprint density at radius 1 is 1.14 bits per heavy atom. The van der Waals surface area contributed by atoms with E-state index in [9.17, 15) is 18.8 Å². The first kappa shape index (κ1) is 19.1. The zero-order chi connectivity index (χ0) is 20.4. The van der Waals surface area contributed by atoms with Crippen LogP contribution in [0.4, 0.5) is 15.8 Å². The standard InChI is InChI=1S/C20H18FN3O4/c1-3-10-6-11(20(27)28)4-5-15(10)23-18(25)14-8-12-7-13(21)9-16(22-2)17(12)24-19(14)26/h4-9,22H,3H2,1-2H3,(H,23,25)(H,24,26)(H,27,28). The Bertz CT molecular complexity index is 1150. The normalized spacial score (nSPS) is 10.7. The molecule has 28 heavy (non-hydrogen) atoms. The Hall–Kier alpha value is -3.68. The summed E-state index contributed by atoms with van der Waals surface area (Å²) in [5.74, 6) is -2.25. The molecule has 0 saturated carbocycles. The molecule has 1 aromatic heterocycles. The van der Waals surface area contributed by atoms with Crippen LogP contribution in [0, 0.1) is 5.82 Å². The minimum atomic E-state index is -1.07. The Kier molecular flexibility index (Phi) is 5.12. The number of benzene rings is 2. The third kappa shape index (κ3) is 3.57. The smallest absolute Gasteiger partial charge is 0.335 e. The quantitative estimate of drug-likeness (QED) is 0.541. The second-order valence-corrected chi connectivity index (χ2v) is 6.16. The van der Waals surface area contributed by atoms with Gasteiger partial charge < -0.3 is 20.7 Å². The highest BCUT2D eigenvalue weighted by Crippen LogP contribution is 2.23. The number of carbonyl (C=O) groups is 2. The highest BCUT2D eigenvalue weighted by Gasteiger charge is 2.16. The minimum Gasteiger partial charge on any atom is -0.478 e. The van der Waals surface area contributed by atoms with E-state index >= 15 is 0 Å². The number of H-pyrrole nitrogens is 1. The number of hydrogen-bond donors (Lipinski definition) is 4. The van der Waals surface area contributed by atoms with E-state index in [1.165, 1.54) is 36.4 Å². The van der Waals surface area contributed by atoms with Gasteiger partial charge in [-0.25, -0.2) is 9.18 Å². The summed E-state index contributed by atoms with van der Waals surface area (Å²) in [6, 6.07) is 8.11. The molecular formula is C20H18FN3O4. The van der Waals surface area contributed by atoms with Gasteiger partial charge in [0, 0.05) is 18.1 Å². The number of amides is 1. The van der Waals surface area contributed by atoms with E-state index in [1.807, 2.05) is 6.92 Å². The van der Waals surface area contributed by atoms with Gasteiger partial charge in [-0.2, -0.15) is 0 Å². The average molecular weight is 383 g/mol. The van der Waals surface area contributed by atoms with Crippen molar-refractivity contribution in [1.82, 2.24) is 4.98 Å². The fraction of sp³-hybridized carbons (Fsp3) is 0.150. The highest BCUT2D eigenvalue weighted by atomic mass is 19.1. The van der Waals surface area contributed by atoms with Crippen LogP contribution in [-0.4, -0.2) is 29.0 Å². The van der Waals surface area contributed by atoms with Gasteiger partial charge in [0.2, 0.25) is 0 Å². The second kappa shape index (κ2) is 7.51. The number of halogens is 1. The van der Waals surface area contributed by atoms with Gasteiger partial charge in [0.25, 0.3) is 11.5 Å². The lowest BCUT2D eigenvalue weighted by Gasteiger charge is -2.12. The molecule has 0 aliphatic heterocycles. The fourth-order valence-electron chi connectivity index (χ4n) is 2.98. The van der Waals surface area contributed by atoms with Gasteiger partial charge in [-0.1, -0.05) is 6.92 Å². The SMILES string of the molecule is CCc1cc(C(=O)O)ccc1NC(=O)c1cc2cc(F)cc(NC)c2[nH]c1=O. The summed E-state index contributed by atoms with van der Waals surface area (Å²) in [5.41, 5.74) is 1.13. The molecule has 0 unspecified atom stereocenters. The van der Waals surface area contributed by atoms with Crippen LogP contribution < -0.4 is 16.2 Å². The summed E-state index contributed by atoms with van der Waals surface area (Å²) >= 11 is 0. The van der Waals surface area contributed by atoms with Gasteiger partial charge in [0.05, 0.1) is 16.8 Å². The number of aryl methyl sites for hydroxylation is 1. The molecule has 0 radical (unpaired) electrons. The predicted molar refractivity (Wildman–Crippen MR) is 105 cm³/mol. The van der Waals surface area contributed by atoms with E-state index in [0.717, 1.165) is 0 Å². The molecular weight excluding hydrogens is 365 g/mol. The highest BCUT2D eigenvalue weighted by molar-refractivity contribution is 6.07. The number of carbonyl (C=O) groups excluding carboxylic acids is 1. The molecule has 7 nitrogen and oxygen atoms in total. The van der Waals surface area contributed by atoms with E-state index in [4.69, 9.17) is 5.11 Å². The minimum absolute atomic E-state index is 0.105. The fourth-order valence-corrected chi connectivity index (χ4v) is 2.98. The summed E-state index contributed by atoms with van der Waals surface area (Å²) in [5, 5.41) is 14.9. The Labute approximate surface area is 159 Å². The maximum Gasteiger partial charge on any atom is 0.335 e. The van der Waals surface area contributed by atoms with Crippen molar-refractivity contribution in [2.24, 2.45) is 0 Å². The number of carboxylic acids is 1. The van der Waals surface area contributed by atoms with Gasteiger partial charge in [-0.05, 0) is 48.4 Å². The Morgan fingerprint density at radius 2 is 1.89 bits per heavy atom. The van der Waals surface area contributed by atoms with Crippen molar-refractivity contribution in [3.05, 3.63) is 69.3 Å². The lowest BCUT2D eigenvalue weighted by molar-refractivity contribution is 0.0696. The van der Waals surface area contributed by atoms with Crippen LogP contribution >= 0.6 is 0 Å². The molecule has 0 saturated heterocycles. The van der Waals surface area contributed by atoms with Crippen molar-refractivity contribution in [2.45, 2.75) is 13.3 Å². The second-order valence-electron chi connectivity index (χ2n) is 6.16. The van der Waals surface area contributed by atoms with Crippen LogP contribution in [0.5, 0.6) is 0 Å². The Morgan fingerprint density at radius 3 is 2.54 bits per heavy atom. The van der Waals surface area contributed by atoms with Crippen molar-refractivity contribution in [3.63, 3.8) is 0 Å². The summed E-state index contributed by atoms with van der Waals surface area (Å²) < 4.78 is 13.8. The summed E-state index contributed by atoms with van der Waals surface area (Å²) in [4.78, 5) is 38.8. The first-order chi connectivity index (χ1) is 13.3. The van der Waals surface area contributed by atoms with Gasteiger partial charge in [-0.15, -0.1) is 0 Å². The molecule has 0 atom stereocenters. The number of rotatable bonds is 5. The molecule has 0 aliphatic carbocycles. The van der Waals surface area contributed by atoms with Crippen molar-refractivity contribution < 1.29 is 19.1 Å². The van der Waals surface area contributed by atoms with Crippen LogP contribution in [0.1, 0.15) is 33.2 Å². The van der Waals surface area contributed by atoms with Crippen LogP contribution in [0.25, 0.3) is 10.9 Å². The van der Waals surface area contributed by atoms with Crippen LogP contribution in [-0.2, 0) is 6.42 Å². The number of anilines is 2. The molecule has 3 aromatic rings. The van der Waals surface area contributed by atoms with Crippen LogP contribution in [0.2, 0.25) is 0 Å². The zero-order valence-electron chi connectivity index (χ0n) is 15.2. The maximum atomic E-state index is 13.8. The maximum absolute atomic E-state index is 13.8. The van der Waals surface area contributed by atoms with Crippen molar-refractivity contribution in [1.29, 1.82) is 0 Å². The third-order valence-corrected chi connectivity index (χ3v) is 4.41. The van der Waals surface area contributed by atoms with Gasteiger partial charge >= 0.3 is 5.97 Å². The summed E-state index contributed by atoms with van der Waals surface area (Å²) in [6.45, 7) is 1.82. The van der Waals surface area contributed by atoms with Gasteiger partial charge in [0.15, 0.2) is 0 Å². The molecule has 0 spiro atoms. The van der Waals surface area contributed by atoms with E-state index in [2.05, 4.69) is 15.6 Å². The number of aromatic amines is 1. The predicted octanol–water partition coefficient (Wildman–Crippen LogP) is 3.22. The molecule has 3 rings (SSSR count). The molecule has 8 heteroatoms. The number of aromatic nitrogens is 1. The number of hydrogen-bond acceptors (Lipinski definition) is 4. The van der Waals surface area contributed by atoms with E-state index in [0.29, 0.717) is 34.3 Å². The van der Waals surface area contributed by atoms with E-state index in [1.54, 1.807) is 7.05 Å². The Balaban J connectivity index is 2.01. The number of aromatic carboxylic acids is 1. The monoisotopic (exact) mass is 383 g/mol. The number of fused-ring (bicyclic) bond motifs is 1. The topological polar surface area (TPSA) is 111 Å². The molecule has 0 bridgehead atoms. The summed E-state index contributed by atoms with van der Waals surface area (Å²) in [6.07, 6.45) is 0.488. The number of nitrogens with one attached hydrogen (secondary N) is 3. The number of pyridine rings is 1. The lowest BCUT2D eigenvalue weighted by Crippen LogP contribution is -2.23. The molecule has 0 aliphatic rings. The molecule has 4 N–H and O–H groups in total. The van der Waals surface area contributed by atoms with E-state index < -0.39 is 23.3 Å². The third-order valence-electron chi connectivity index (χ3n) is 4.41. The molecule has 0 fully saturated rings. The lowest BCUT2D eigenvalue weighted by atomic mass is 10.1. The molecule has 1 heterocycles. The first-order valence-corrected chi connectivity index (χ1v) is 8.56. The summed E-state index contributed by atoms with van der Waals surface area (Å²) in [7, 11) is 1.60. The molecule has 1 amide bonds. The molecule has 2 aromatic carbocycles. The largest absolute Gasteiger partial charge is 0.478 e. The van der Waals surface area contributed by atoms with Crippen LogP contribution in [0.3, 0.4) is 0 Å². The van der Waals surface area contributed by atoms with Gasteiger partial charge in [0.1, 0.15) is 11.4 Å². The van der Waals surface area contributed by atoms with Crippen molar-refractivity contribution in [2.75, 3.05) is 17.7 Å². The average Bonchev–Trinajstić information content (AvgIpc) is 2.67. The van der Waals surface area contributed by atoms with Crippen molar-refractivity contribution in [3.8, 4) is 0 Å².